The molecule has 6 aromatic rings. The van der Waals surface area contributed by atoms with Gasteiger partial charge in [-0.25, -0.2) is 0 Å². The van der Waals surface area contributed by atoms with Crippen molar-refractivity contribution in [2.45, 2.75) is 59.8 Å². The molecule has 0 amide bonds. The van der Waals surface area contributed by atoms with Crippen molar-refractivity contribution >= 4 is 33.7 Å². The number of allylic oxidation sites excluding steroid dienone is 3. The van der Waals surface area contributed by atoms with Gasteiger partial charge in [0.25, 0.3) is 0 Å². The first-order valence-corrected chi connectivity index (χ1v) is 16.5. The van der Waals surface area contributed by atoms with Crippen molar-refractivity contribution in [3.8, 4) is 0 Å². The molecule has 49 heavy (non-hydrogen) atoms. The van der Waals surface area contributed by atoms with E-state index in [4.69, 9.17) is 0 Å². The minimum Gasteiger partial charge on any atom is -0.999 e. The molecule has 5 heteroatoms. The van der Waals surface area contributed by atoms with Crippen LogP contribution in [-0.4, -0.2) is 4.98 Å². The van der Waals surface area contributed by atoms with E-state index in [1.165, 1.54) is 50.3 Å². The Morgan fingerprint density at radius 2 is 1.12 bits per heavy atom. The van der Waals surface area contributed by atoms with Crippen LogP contribution in [0.15, 0.2) is 120 Å². The molecule has 248 valence electrons. The van der Waals surface area contributed by atoms with Crippen molar-refractivity contribution in [1.29, 1.82) is 0 Å². The first kappa shape index (κ1) is 35.7. The number of H-pyrrole nitrogens is 1. The summed E-state index contributed by atoms with van der Waals surface area (Å²) < 4.78 is 0. The summed E-state index contributed by atoms with van der Waals surface area (Å²) in [6, 6.07) is 44.7. The average molecular weight is 676 g/mol. The fraction of sp³-hybridized carbons (Fsp3) is 0.205. The maximum atomic E-state index is 3.87. The molecule has 1 unspecified atom stereocenters. The van der Waals surface area contributed by atoms with Crippen LogP contribution in [0.4, 0.5) is 22.7 Å². The number of nitrogens with one attached hydrogen (secondary N) is 4. The third kappa shape index (κ3) is 8.89. The molecule has 0 saturated heterocycles. The number of aryl methyl sites for hydroxylation is 4. The Balaban J connectivity index is 0.000000717. The Morgan fingerprint density at radius 1 is 0.633 bits per heavy atom. The largest absolute Gasteiger partial charge is 0.999 e. The van der Waals surface area contributed by atoms with Crippen molar-refractivity contribution < 1.29 is 21.7 Å². The Hall–Kier alpha value is -4.64. The standard InChI is InChI=1S/C39H42N4.C5H.Ti/c1-25-7-14-30(15-8-25)40-35-22-29(5)23-39(6,24-36(35)41-31-16-9-26(2)10-17-31)38-37(42-32-18-11-27(3)12-19-32)33-21-28(4)13-20-34(33)43-38;1-2-4-5-3-1;/h7-21,23,40-43H,22,24H2,1-6H3;1H;/q;-5;. The summed E-state index contributed by atoms with van der Waals surface area (Å²) in [6.07, 6.45) is 4.09. The van der Waals surface area contributed by atoms with Crippen molar-refractivity contribution in [3.63, 3.8) is 0 Å². The molecular weight excluding hydrogens is 632 g/mol. The number of fused-ring (bicyclic) bond motifs is 1. The molecule has 4 N–H and O–H groups in total. The predicted octanol–water partition coefficient (Wildman–Crippen LogP) is 11.2. The van der Waals surface area contributed by atoms with Gasteiger partial charge in [-0.1, -0.05) is 83.3 Å². The number of hydrogen-bond donors (Lipinski definition) is 4. The first-order valence-electron chi connectivity index (χ1n) is 16.5. The quantitative estimate of drug-likeness (QED) is 0.0774. The second kappa shape index (κ2) is 15.7. The summed E-state index contributed by atoms with van der Waals surface area (Å²) in [4.78, 5) is 3.87. The normalized spacial score (nSPS) is 15.8. The van der Waals surface area contributed by atoms with Crippen molar-refractivity contribution in [2.75, 3.05) is 16.0 Å². The zero-order chi connectivity index (χ0) is 33.7. The molecule has 0 radical (unpaired) electrons. The number of anilines is 4. The molecule has 5 aromatic carbocycles. The Labute approximate surface area is 307 Å². The summed E-state index contributed by atoms with van der Waals surface area (Å²) in [5.41, 5.74) is 15.1. The topological polar surface area (TPSA) is 51.9 Å². The summed E-state index contributed by atoms with van der Waals surface area (Å²) in [6.45, 7) is 13.2. The van der Waals surface area contributed by atoms with E-state index >= 15 is 0 Å². The molecule has 0 fully saturated rings. The molecule has 7 rings (SSSR count). The molecule has 4 nitrogen and oxygen atoms in total. The smallest absolute Gasteiger partial charge is 0.0684 e. The molecule has 1 heterocycles. The van der Waals surface area contributed by atoms with Crippen molar-refractivity contribution in [2.24, 2.45) is 0 Å². The van der Waals surface area contributed by atoms with Crippen molar-refractivity contribution in [1.82, 2.24) is 4.98 Å². The van der Waals surface area contributed by atoms with Gasteiger partial charge in [0.1, 0.15) is 0 Å². The monoisotopic (exact) mass is 675 g/mol. The number of rotatable bonds is 7. The second-order valence-corrected chi connectivity index (χ2v) is 13.3. The van der Waals surface area contributed by atoms with Gasteiger partial charge in [0, 0.05) is 85.0 Å². The zero-order valence-electron chi connectivity index (χ0n) is 29.2. The van der Waals surface area contributed by atoms with E-state index in [-0.39, 0.29) is 27.1 Å². The Bertz CT molecular complexity index is 2010. The van der Waals surface area contributed by atoms with Crippen LogP contribution in [0.25, 0.3) is 10.9 Å². The summed E-state index contributed by atoms with van der Waals surface area (Å²) in [5, 5.41) is 12.7. The number of benzene rings is 4. The molecule has 0 aliphatic heterocycles. The maximum Gasteiger partial charge on any atom is 0.0684 e. The van der Waals surface area contributed by atoms with Gasteiger partial charge in [0.2, 0.25) is 0 Å². The van der Waals surface area contributed by atoms with Crippen LogP contribution in [0.1, 0.15) is 54.6 Å². The molecule has 1 aliphatic carbocycles. The van der Waals surface area contributed by atoms with Crippen LogP contribution < -0.4 is 16.0 Å². The van der Waals surface area contributed by atoms with Gasteiger partial charge < -0.3 is 51.3 Å². The Morgan fingerprint density at radius 3 is 1.63 bits per heavy atom. The van der Waals surface area contributed by atoms with E-state index < -0.39 is 0 Å². The van der Waals surface area contributed by atoms with E-state index in [2.05, 4.69) is 184 Å². The number of aromatic amines is 1. The fourth-order valence-corrected chi connectivity index (χ4v) is 6.35. The van der Waals surface area contributed by atoms with E-state index in [0.29, 0.717) is 0 Å². The van der Waals surface area contributed by atoms with Crippen LogP contribution in [0.3, 0.4) is 0 Å². The average Bonchev–Trinajstić information content (AvgIpc) is 3.74. The molecule has 1 atom stereocenters. The summed E-state index contributed by atoms with van der Waals surface area (Å²) >= 11 is 0. The van der Waals surface area contributed by atoms with Gasteiger partial charge in [-0.2, -0.15) is 0 Å². The van der Waals surface area contributed by atoms with Gasteiger partial charge >= 0.3 is 0 Å². The van der Waals surface area contributed by atoms with Crippen molar-refractivity contribution in [3.05, 3.63) is 172 Å². The van der Waals surface area contributed by atoms with Gasteiger partial charge in [0.05, 0.1) is 5.69 Å². The van der Waals surface area contributed by atoms with Crippen LogP contribution in [0.2, 0.25) is 0 Å². The van der Waals surface area contributed by atoms with Crippen LogP contribution in [0, 0.1) is 52.0 Å². The SMILES string of the molecule is CC1=CC(C)(c2[nH]c3ccc(C)cc3c2Nc2ccc(C)cc2)CC(Nc2ccc(C)cc2)=C(Nc2ccc(C)cc2)C1.[Ti].[c-]1[c-][c-][cH-][c-]1. The third-order valence-corrected chi connectivity index (χ3v) is 8.82. The fourth-order valence-electron chi connectivity index (χ4n) is 6.35. The first-order chi connectivity index (χ1) is 23.1. The van der Waals surface area contributed by atoms with E-state index in [9.17, 15) is 0 Å². The maximum absolute atomic E-state index is 3.87. The molecule has 1 aliphatic rings. The number of hydrogen-bond acceptors (Lipinski definition) is 3. The van der Waals surface area contributed by atoms with Crippen LogP contribution >= 0.6 is 0 Å². The number of aromatic nitrogens is 1. The Kier molecular flexibility index (Phi) is 11.4. The molecular formula is C44H43N4Ti-5. The molecule has 0 saturated carbocycles. The summed E-state index contributed by atoms with van der Waals surface area (Å²) in [5.74, 6) is 0. The second-order valence-electron chi connectivity index (χ2n) is 13.3. The van der Waals surface area contributed by atoms with E-state index in [1.54, 1.807) is 6.07 Å². The molecule has 0 spiro atoms. The minimum atomic E-state index is -0.312. The van der Waals surface area contributed by atoms with Gasteiger partial charge in [-0.3, -0.25) is 0 Å². The third-order valence-electron chi connectivity index (χ3n) is 8.82. The minimum absolute atomic E-state index is 0. The predicted molar refractivity (Wildman–Crippen MR) is 202 cm³/mol. The van der Waals surface area contributed by atoms with E-state index in [1.807, 2.05) is 0 Å². The van der Waals surface area contributed by atoms with Gasteiger partial charge in [-0.15, -0.1) is 0 Å². The van der Waals surface area contributed by atoms with E-state index in [0.717, 1.165) is 41.1 Å². The van der Waals surface area contributed by atoms with Crippen LogP contribution in [0.5, 0.6) is 0 Å². The zero-order valence-corrected chi connectivity index (χ0v) is 30.8. The van der Waals surface area contributed by atoms with Gasteiger partial charge in [0.15, 0.2) is 0 Å². The summed E-state index contributed by atoms with van der Waals surface area (Å²) in [7, 11) is 0. The molecule has 0 bridgehead atoms. The molecule has 1 aromatic heterocycles. The van der Waals surface area contributed by atoms with Gasteiger partial charge in [-0.05, 0) is 83.1 Å². The van der Waals surface area contributed by atoms with Crippen LogP contribution in [-0.2, 0) is 27.1 Å².